The highest BCUT2D eigenvalue weighted by atomic mass is 19.1. The van der Waals surface area contributed by atoms with Crippen LogP contribution in [0.2, 0.25) is 0 Å². The normalized spacial score (nSPS) is 32.0. The number of oxime groups is 1. The highest BCUT2D eigenvalue weighted by Crippen LogP contribution is 2.50. The van der Waals surface area contributed by atoms with Gasteiger partial charge in [0, 0.05) is 24.3 Å². The summed E-state index contributed by atoms with van der Waals surface area (Å²) in [7, 11) is 0. The summed E-state index contributed by atoms with van der Waals surface area (Å²) in [6.45, 7) is 0.224. The van der Waals surface area contributed by atoms with E-state index in [9.17, 15) is 28.6 Å². The van der Waals surface area contributed by atoms with E-state index in [-0.39, 0.29) is 24.6 Å². The summed E-state index contributed by atoms with van der Waals surface area (Å²) in [6, 6.07) is 12.1. The van der Waals surface area contributed by atoms with E-state index in [1.165, 1.54) is 0 Å². The standard InChI is InChI=1S/C25H24F2N2O5/c26-14-6-9-19(17(27)10-14)29-24(32)16-8-7-15-18(28-34-12-13-4-2-1-3-5-13)11-20(30)23(31)21(15)22(16)25(29)33/h1-6,9-10,15-16,20-23,30-31H,7-8,11-12H2/t15-,16+,20+,21-,22+,23+/m0/s1. The SMILES string of the molecule is O=C1[C@H]2[C@H]3[C@H](O)[C@H](O)CC(=NOCc4ccccc4)[C@@H]3CC[C@H]2C(=O)N1c1ccc(F)cc1F. The topological polar surface area (TPSA) is 99.4 Å². The van der Waals surface area contributed by atoms with E-state index in [2.05, 4.69) is 5.16 Å². The number of hydrogen-bond donors (Lipinski definition) is 2. The van der Waals surface area contributed by atoms with Crippen molar-refractivity contribution in [3.05, 3.63) is 65.7 Å². The summed E-state index contributed by atoms with van der Waals surface area (Å²) in [5.41, 5.74) is 1.13. The van der Waals surface area contributed by atoms with Crippen LogP contribution in [0.4, 0.5) is 14.5 Å². The van der Waals surface area contributed by atoms with Crippen LogP contribution in [-0.2, 0) is 21.0 Å². The van der Waals surface area contributed by atoms with Crippen molar-refractivity contribution in [2.75, 3.05) is 4.90 Å². The van der Waals surface area contributed by atoms with E-state index in [0.29, 0.717) is 24.6 Å². The Morgan fingerprint density at radius 1 is 1.00 bits per heavy atom. The van der Waals surface area contributed by atoms with Crippen molar-refractivity contribution in [3.8, 4) is 0 Å². The maximum absolute atomic E-state index is 14.4. The summed E-state index contributed by atoms with van der Waals surface area (Å²) >= 11 is 0. The fraction of sp³-hybridized carbons (Fsp3) is 0.400. The molecule has 2 amide bonds. The van der Waals surface area contributed by atoms with Crippen LogP contribution in [0.5, 0.6) is 0 Å². The number of hydrogen-bond acceptors (Lipinski definition) is 6. The summed E-state index contributed by atoms with van der Waals surface area (Å²) < 4.78 is 27.8. The smallest absolute Gasteiger partial charge is 0.238 e. The van der Waals surface area contributed by atoms with Gasteiger partial charge in [-0.1, -0.05) is 35.5 Å². The maximum Gasteiger partial charge on any atom is 0.238 e. The number of carbonyl (C=O) groups excluding carboxylic acids is 2. The van der Waals surface area contributed by atoms with Gasteiger partial charge in [0.25, 0.3) is 0 Å². The van der Waals surface area contributed by atoms with Gasteiger partial charge in [0.2, 0.25) is 11.8 Å². The Labute approximate surface area is 194 Å². The number of carbonyl (C=O) groups is 2. The van der Waals surface area contributed by atoms with Crippen LogP contribution < -0.4 is 4.90 Å². The van der Waals surface area contributed by atoms with Gasteiger partial charge >= 0.3 is 0 Å². The molecule has 3 fully saturated rings. The van der Waals surface area contributed by atoms with Crippen molar-refractivity contribution in [1.82, 2.24) is 0 Å². The van der Waals surface area contributed by atoms with Crippen LogP contribution >= 0.6 is 0 Å². The van der Waals surface area contributed by atoms with E-state index < -0.39 is 53.4 Å². The van der Waals surface area contributed by atoms with Crippen molar-refractivity contribution in [2.45, 2.75) is 38.1 Å². The molecule has 1 saturated heterocycles. The number of amides is 2. The molecule has 2 aromatic rings. The number of nitrogens with zero attached hydrogens (tertiary/aromatic N) is 2. The Bertz CT molecular complexity index is 1140. The minimum atomic E-state index is -1.25. The molecule has 2 saturated carbocycles. The lowest BCUT2D eigenvalue weighted by atomic mass is 9.60. The van der Waals surface area contributed by atoms with Gasteiger partial charge in [0.1, 0.15) is 18.2 Å². The molecule has 6 atom stereocenters. The first-order valence-electron chi connectivity index (χ1n) is 11.3. The fourth-order valence-corrected chi connectivity index (χ4v) is 5.64. The Hall–Kier alpha value is -3.17. The van der Waals surface area contributed by atoms with Gasteiger partial charge in [-0.3, -0.25) is 9.59 Å². The molecule has 1 aliphatic heterocycles. The molecule has 9 heteroatoms. The number of anilines is 1. The number of imide groups is 1. The van der Waals surface area contributed by atoms with Gasteiger partial charge in [-0.15, -0.1) is 0 Å². The van der Waals surface area contributed by atoms with Crippen LogP contribution in [0.1, 0.15) is 24.8 Å². The molecule has 5 rings (SSSR count). The highest BCUT2D eigenvalue weighted by molar-refractivity contribution is 6.22. The molecule has 2 aromatic carbocycles. The largest absolute Gasteiger partial charge is 0.391 e. The minimum Gasteiger partial charge on any atom is -0.391 e. The molecule has 0 unspecified atom stereocenters. The molecular weight excluding hydrogens is 446 g/mol. The van der Waals surface area contributed by atoms with Crippen LogP contribution in [-0.4, -0.2) is 39.9 Å². The zero-order valence-corrected chi connectivity index (χ0v) is 18.2. The summed E-state index contributed by atoms with van der Waals surface area (Å²) in [5, 5.41) is 25.6. The van der Waals surface area contributed by atoms with Gasteiger partial charge in [-0.25, -0.2) is 13.7 Å². The van der Waals surface area contributed by atoms with Crippen LogP contribution in [0.3, 0.4) is 0 Å². The molecule has 0 radical (unpaired) electrons. The van der Waals surface area contributed by atoms with E-state index in [0.717, 1.165) is 22.6 Å². The van der Waals surface area contributed by atoms with Crippen molar-refractivity contribution in [3.63, 3.8) is 0 Å². The van der Waals surface area contributed by atoms with Gasteiger partial charge in [-0.05, 0) is 30.5 Å². The zero-order chi connectivity index (χ0) is 24.0. The average Bonchev–Trinajstić information content (AvgIpc) is 3.07. The van der Waals surface area contributed by atoms with Crippen molar-refractivity contribution in [1.29, 1.82) is 0 Å². The Morgan fingerprint density at radius 3 is 2.47 bits per heavy atom. The third-order valence-electron chi connectivity index (χ3n) is 7.19. The fourth-order valence-electron chi connectivity index (χ4n) is 5.64. The Kier molecular flexibility index (Phi) is 5.91. The second kappa shape index (κ2) is 8.88. The number of aliphatic hydroxyl groups is 2. The first-order valence-corrected chi connectivity index (χ1v) is 11.3. The molecule has 3 aliphatic rings. The number of aliphatic hydroxyl groups excluding tert-OH is 2. The second-order valence-electron chi connectivity index (χ2n) is 9.10. The Morgan fingerprint density at radius 2 is 1.74 bits per heavy atom. The molecule has 0 aromatic heterocycles. The molecule has 0 bridgehead atoms. The number of halogens is 2. The first kappa shape index (κ1) is 22.6. The number of rotatable bonds is 4. The lowest BCUT2D eigenvalue weighted by molar-refractivity contribution is -0.132. The predicted octanol–water partition coefficient (Wildman–Crippen LogP) is 2.79. The van der Waals surface area contributed by atoms with E-state index in [1.807, 2.05) is 30.3 Å². The third kappa shape index (κ3) is 3.78. The highest BCUT2D eigenvalue weighted by Gasteiger charge is 2.60. The lowest BCUT2D eigenvalue weighted by Crippen LogP contribution is -2.54. The summed E-state index contributed by atoms with van der Waals surface area (Å²) in [5.74, 6) is -5.92. The summed E-state index contributed by atoms with van der Waals surface area (Å²) in [4.78, 5) is 32.8. The van der Waals surface area contributed by atoms with Crippen molar-refractivity contribution >= 4 is 23.2 Å². The molecule has 0 spiro atoms. The molecule has 2 N–H and O–H groups in total. The Balaban J connectivity index is 1.42. The van der Waals surface area contributed by atoms with E-state index in [4.69, 9.17) is 4.84 Å². The van der Waals surface area contributed by atoms with Crippen LogP contribution in [0, 0.1) is 35.3 Å². The van der Waals surface area contributed by atoms with E-state index in [1.54, 1.807) is 0 Å². The minimum absolute atomic E-state index is 0.0902. The third-order valence-corrected chi connectivity index (χ3v) is 7.19. The zero-order valence-electron chi connectivity index (χ0n) is 18.2. The number of fused-ring (bicyclic) bond motifs is 3. The predicted molar refractivity (Wildman–Crippen MR) is 117 cm³/mol. The number of benzene rings is 2. The van der Waals surface area contributed by atoms with Crippen LogP contribution in [0.25, 0.3) is 0 Å². The molecule has 7 nitrogen and oxygen atoms in total. The van der Waals surface area contributed by atoms with Crippen molar-refractivity contribution < 1.29 is 33.4 Å². The summed E-state index contributed by atoms with van der Waals surface area (Å²) in [6.07, 6.45) is -1.54. The second-order valence-corrected chi connectivity index (χ2v) is 9.10. The molecule has 2 aliphatic carbocycles. The monoisotopic (exact) mass is 470 g/mol. The molecular formula is C25H24F2N2O5. The van der Waals surface area contributed by atoms with Gasteiger partial charge < -0.3 is 15.1 Å². The van der Waals surface area contributed by atoms with Gasteiger partial charge in [-0.2, -0.15) is 0 Å². The maximum atomic E-state index is 14.4. The average molecular weight is 470 g/mol. The van der Waals surface area contributed by atoms with Gasteiger partial charge in [0.05, 0.1) is 35.4 Å². The molecule has 34 heavy (non-hydrogen) atoms. The van der Waals surface area contributed by atoms with Crippen molar-refractivity contribution in [2.24, 2.45) is 28.8 Å². The quantitative estimate of drug-likeness (QED) is 0.529. The molecule has 178 valence electrons. The lowest BCUT2D eigenvalue weighted by Gasteiger charge is -2.45. The van der Waals surface area contributed by atoms with Crippen LogP contribution in [0.15, 0.2) is 53.7 Å². The van der Waals surface area contributed by atoms with E-state index >= 15 is 0 Å². The van der Waals surface area contributed by atoms with Gasteiger partial charge in [0.15, 0.2) is 0 Å². The first-order chi connectivity index (χ1) is 16.4. The molecule has 1 heterocycles.